The highest BCUT2D eigenvalue weighted by Gasteiger charge is 2.42. The molecule has 1 aromatic heterocycles. The van der Waals surface area contributed by atoms with E-state index in [9.17, 15) is 14.7 Å². The zero-order valence-corrected chi connectivity index (χ0v) is 23.0. The summed E-state index contributed by atoms with van der Waals surface area (Å²) < 4.78 is 17.4. The van der Waals surface area contributed by atoms with Crippen molar-refractivity contribution in [2.75, 3.05) is 11.1 Å². The molecule has 0 aliphatic heterocycles. The number of nitrogen functional groups attached to an aromatic ring is 1. The summed E-state index contributed by atoms with van der Waals surface area (Å²) in [5, 5.41) is 16.9. The van der Waals surface area contributed by atoms with E-state index in [1.54, 1.807) is 10.6 Å². The fourth-order valence-electron chi connectivity index (χ4n) is 6.47. The van der Waals surface area contributed by atoms with E-state index < -0.39 is 22.8 Å². The standard InChI is InChI=1S/C31H39FN4O3/c1-4-12-31(13-10-20(11-14-31)34-23-15-21(23)19-8-6-5-7-9-19)35-24-16-25-26(28(33)27(24)32)29(37)22(30(38)39)17-36(25)18(2)3/h5-9,16-18,20-21,23,34-35H,4,10-15,33H2,1-3H3,(H,38,39)/t20-,21-,23+,31+/m1/s1. The number of fused-ring (bicyclic) bond motifs is 1. The molecule has 2 saturated carbocycles. The van der Waals surface area contributed by atoms with Crippen molar-refractivity contribution in [3.8, 4) is 0 Å². The van der Waals surface area contributed by atoms with Crippen molar-refractivity contribution < 1.29 is 14.3 Å². The third kappa shape index (κ3) is 5.26. The third-order valence-electron chi connectivity index (χ3n) is 8.62. The molecular formula is C31H39FN4O3. The van der Waals surface area contributed by atoms with Crippen LogP contribution in [0.2, 0.25) is 0 Å². The molecule has 0 saturated heterocycles. The molecule has 2 aliphatic carbocycles. The van der Waals surface area contributed by atoms with Crippen LogP contribution in [0.1, 0.15) is 93.6 Å². The SMILES string of the molecule is CCC[C@]1(Nc2cc3c(c(N)c2F)c(=O)c(C(=O)O)cn3C(C)C)CC[C@@H](N[C@H]2C[C@@H]2c2ccccc2)CC1. The van der Waals surface area contributed by atoms with Crippen LogP contribution in [0.5, 0.6) is 0 Å². The van der Waals surface area contributed by atoms with Gasteiger partial charge in [0.05, 0.1) is 22.3 Å². The van der Waals surface area contributed by atoms with Crippen molar-refractivity contribution in [2.24, 2.45) is 0 Å². The van der Waals surface area contributed by atoms with Gasteiger partial charge in [0.2, 0.25) is 5.43 Å². The Labute approximate surface area is 228 Å². The van der Waals surface area contributed by atoms with E-state index in [-0.39, 0.29) is 28.3 Å². The zero-order chi connectivity index (χ0) is 27.9. The third-order valence-corrected chi connectivity index (χ3v) is 8.62. The van der Waals surface area contributed by atoms with Crippen LogP contribution >= 0.6 is 0 Å². The fraction of sp³-hybridized carbons (Fsp3) is 0.484. The summed E-state index contributed by atoms with van der Waals surface area (Å²) >= 11 is 0. The molecule has 2 aromatic carbocycles. The minimum atomic E-state index is -1.35. The summed E-state index contributed by atoms with van der Waals surface area (Å²) in [6.45, 7) is 5.91. The maximum Gasteiger partial charge on any atom is 0.341 e. The number of aromatic carboxylic acids is 1. The lowest BCUT2D eigenvalue weighted by atomic mass is 9.76. The molecular weight excluding hydrogens is 495 g/mol. The molecule has 0 amide bonds. The minimum Gasteiger partial charge on any atom is -0.477 e. The van der Waals surface area contributed by atoms with Crippen LogP contribution in [0, 0.1) is 5.82 Å². The molecule has 5 rings (SSSR count). The highest BCUT2D eigenvalue weighted by atomic mass is 19.1. The van der Waals surface area contributed by atoms with Gasteiger partial charge < -0.3 is 26.0 Å². The first-order valence-electron chi connectivity index (χ1n) is 14.1. The molecule has 39 heavy (non-hydrogen) atoms. The summed E-state index contributed by atoms with van der Waals surface area (Å²) in [5.74, 6) is -1.47. The van der Waals surface area contributed by atoms with E-state index in [0.717, 1.165) is 38.5 Å². The van der Waals surface area contributed by atoms with Crippen LogP contribution in [-0.4, -0.2) is 33.3 Å². The molecule has 2 aliphatic rings. The van der Waals surface area contributed by atoms with E-state index in [4.69, 9.17) is 5.73 Å². The van der Waals surface area contributed by atoms with Gasteiger partial charge in [-0.15, -0.1) is 0 Å². The number of carbonyl (C=O) groups is 1. The Bertz CT molecular complexity index is 1430. The first-order valence-corrected chi connectivity index (χ1v) is 14.1. The van der Waals surface area contributed by atoms with E-state index in [1.165, 1.54) is 18.2 Å². The number of pyridine rings is 1. The maximum absolute atomic E-state index is 15.7. The number of halogens is 1. The van der Waals surface area contributed by atoms with Crippen molar-refractivity contribution in [1.29, 1.82) is 0 Å². The predicted octanol–water partition coefficient (Wildman–Crippen LogP) is 6.04. The largest absolute Gasteiger partial charge is 0.477 e. The van der Waals surface area contributed by atoms with Crippen LogP contribution in [-0.2, 0) is 0 Å². The Hall–Kier alpha value is -3.39. The average molecular weight is 535 g/mol. The van der Waals surface area contributed by atoms with E-state index in [2.05, 4.69) is 47.9 Å². The van der Waals surface area contributed by atoms with Crippen molar-refractivity contribution >= 4 is 28.2 Å². The summed E-state index contributed by atoms with van der Waals surface area (Å²) in [5.41, 5.74) is 6.53. The average Bonchev–Trinajstić information content (AvgIpc) is 3.68. The second-order valence-electron chi connectivity index (χ2n) is 11.7. The van der Waals surface area contributed by atoms with E-state index >= 15 is 4.39 Å². The molecule has 0 radical (unpaired) electrons. The van der Waals surface area contributed by atoms with E-state index in [1.807, 2.05) is 13.8 Å². The highest BCUT2D eigenvalue weighted by Crippen LogP contribution is 2.43. The molecule has 0 unspecified atom stereocenters. The monoisotopic (exact) mass is 534 g/mol. The van der Waals surface area contributed by atoms with Crippen molar-refractivity contribution in [2.45, 2.75) is 95.3 Å². The Kier molecular flexibility index (Phi) is 7.42. The van der Waals surface area contributed by atoms with Gasteiger partial charge >= 0.3 is 5.97 Å². The van der Waals surface area contributed by atoms with Gasteiger partial charge in [-0.1, -0.05) is 43.7 Å². The zero-order valence-electron chi connectivity index (χ0n) is 23.0. The quantitative estimate of drug-likeness (QED) is 0.249. The molecule has 8 heteroatoms. The molecule has 1 heterocycles. The number of nitrogens with one attached hydrogen (secondary N) is 2. The van der Waals surface area contributed by atoms with Crippen LogP contribution in [0.3, 0.4) is 0 Å². The summed E-state index contributed by atoms with van der Waals surface area (Å²) in [7, 11) is 0. The van der Waals surface area contributed by atoms with Gasteiger partial charge in [0.25, 0.3) is 0 Å². The van der Waals surface area contributed by atoms with E-state index in [0.29, 0.717) is 23.5 Å². The number of benzene rings is 2. The van der Waals surface area contributed by atoms with Gasteiger partial charge in [-0.3, -0.25) is 4.79 Å². The Morgan fingerprint density at radius 3 is 2.54 bits per heavy atom. The fourth-order valence-corrected chi connectivity index (χ4v) is 6.47. The smallest absolute Gasteiger partial charge is 0.341 e. The van der Waals surface area contributed by atoms with Gasteiger partial charge in [0.15, 0.2) is 5.82 Å². The number of nitrogens with zero attached hydrogens (tertiary/aromatic N) is 1. The van der Waals surface area contributed by atoms with Crippen molar-refractivity contribution in [3.05, 3.63) is 69.8 Å². The predicted molar refractivity (Wildman–Crippen MR) is 154 cm³/mol. The van der Waals surface area contributed by atoms with Gasteiger partial charge in [-0.25, -0.2) is 9.18 Å². The van der Waals surface area contributed by atoms with Gasteiger partial charge in [0, 0.05) is 35.8 Å². The lowest BCUT2D eigenvalue weighted by molar-refractivity contribution is 0.0694. The maximum atomic E-state index is 15.7. The van der Waals surface area contributed by atoms with Crippen molar-refractivity contribution in [3.63, 3.8) is 0 Å². The summed E-state index contributed by atoms with van der Waals surface area (Å²) in [4.78, 5) is 24.7. The highest BCUT2D eigenvalue weighted by molar-refractivity contribution is 5.99. The normalized spacial score (nSPS) is 24.7. The molecule has 208 valence electrons. The van der Waals surface area contributed by atoms with Crippen LogP contribution in [0.4, 0.5) is 15.8 Å². The van der Waals surface area contributed by atoms with Gasteiger partial charge in [0.1, 0.15) is 5.56 Å². The molecule has 7 nitrogen and oxygen atoms in total. The molecule has 3 aromatic rings. The second kappa shape index (κ2) is 10.6. The lowest BCUT2D eigenvalue weighted by Crippen LogP contribution is -2.47. The molecule has 0 spiro atoms. The Morgan fingerprint density at radius 2 is 1.92 bits per heavy atom. The Morgan fingerprint density at radius 1 is 1.23 bits per heavy atom. The molecule has 2 atom stereocenters. The van der Waals surface area contributed by atoms with Gasteiger partial charge in [-0.05, 0) is 64.0 Å². The summed E-state index contributed by atoms with van der Waals surface area (Å²) in [6.07, 6.45) is 8.12. The first-order chi connectivity index (χ1) is 18.6. The number of carboxylic acids is 1. The molecule has 0 bridgehead atoms. The Balaban J connectivity index is 1.38. The number of anilines is 2. The van der Waals surface area contributed by atoms with Crippen LogP contribution in [0.25, 0.3) is 10.9 Å². The topological polar surface area (TPSA) is 109 Å². The minimum absolute atomic E-state index is 0.0819. The first kappa shape index (κ1) is 27.2. The number of hydrogen-bond donors (Lipinski definition) is 4. The second-order valence-corrected chi connectivity index (χ2v) is 11.7. The summed E-state index contributed by atoms with van der Waals surface area (Å²) in [6, 6.07) is 13.1. The van der Waals surface area contributed by atoms with Crippen LogP contribution < -0.4 is 21.8 Å². The number of nitrogens with two attached hydrogens (primary N) is 1. The molecule has 5 N–H and O–H groups in total. The number of hydrogen-bond acceptors (Lipinski definition) is 5. The lowest BCUT2D eigenvalue weighted by Gasteiger charge is -2.42. The van der Waals surface area contributed by atoms with Crippen molar-refractivity contribution in [1.82, 2.24) is 9.88 Å². The number of aromatic nitrogens is 1. The number of carboxylic acid groups (broad SMARTS) is 1. The van der Waals surface area contributed by atoms with Gasteiger partial charge in [-0.2, -0.15) is 0 Å². The number of rotatable bonds is 9. The molecule has 2 fully saturated rings. The van der Waals surface area contributed by atoms with Crippen LogP contribution in [0.15, 0.2) is 47.4 Å².